The molecule has 0 radical (unpaired) electrons. The second kappa shape index (κ2) is 9.05. The summed E-state index contributed by atoms with van der Waals surface area (Å²) in [5, 5.41) is 6.41. The minimum atomic E-state index is -0.223. The standard InChI is InChI=1S/C13H25N3O2.2ClH/c1-11(9-16-5-7-18-8-6-16)15-12(17)13(2)3-4-14-10-13;;/h11,14H,3-10H2,1-2H3,(H,15,17);2*1H. The third-order valence-electron chi connectivity index (χ3n) is 3.93. The smallest absolute Gasteiger partial charge is 0.227 e. The summed E-state index contributed by atoms with van der Waals surface area (Å²) in [4.78, 5) is 14.6. The normalized spacial score (nSPS) is 28.1. The van der Waals surface area contributed by atoms with Crippen LogP contribution >= 0.6 is 24.8 Å². The molecule has 2 atom stereocenters. The first-order chi connectivity index (χ1) is 8.60. The largest absolute Gasteiger partial charge is 0.379 e. The van der Waals surface area contributed by atoms with E-state index in [-0.39, 0.29) is 42.2 Å². The van der Waals surface area contributed by atoms with Crippen molar-refractivity contribution in [2.24, 2.45) is 5.41 Å². The highest BCUT2D eigenvalue weighted by molar-refractivity contribution is 5.85. The van der Waals surface area contributed by atoms with Crippen molar-refractivity contribution in [1.29, 1.82) is 0 Å². The van der Waals surface area contributed by atoms with Gasteiger partial charge in [-0.05, 0) is 26.8 Å². The highest BCUT2D eigenvalue weighted by Gasteiger charge is 2.36. The number of hydrogen-bond donors (Lipinski definition) is 2. The molecule has 0 aromatic heterocycles. The lowest BCUT2D eigenvalue weighted by Crippen LogP contribution is -2.50. The van der Waals surface area contributed by atoms with Crippen LogP contribution in [0, 0.1) is 5.41 Å². The number of amides is 1. The van der Waals surface area contributed by atoms with Crippen molar-refractivity contribution in [2.75, 3.05) is 45.9 Å². The van der Waals surface area contributed by atoms with Crippen molar-refractivity contribution in [3.8, 4) is 0 Å². The molecule has 20 heavy (non-hydrogen) atoms. The van der Waals surface area contributed by atoms with Crippen LogP contribution in [0.2, 0.25) is 0 Å². The van der Waals surface area contributed by atoms with E-state index in [0.29, 0.717) is 0 Å². The van der Waals surface area contributed by atoms with Crippen LogP contribution in [0.15, 0.2) is 0 Å². The van der Waals surface area contributed by atoms with E-state index in [2.05, 4.69) is 22.5 Å². The lowest BCUT2D eigenvalue weighted by atomic mass is 9.88. The maximum absolute atomic E-state index is 12.2. The van der Waals surface area contributed by atoms with E-state index < -0.39 is 0 Å². The third-order valence-corrected chi connectivity index (χ3v) is 3.93. The van der Waals surface area contributed by atoms with Gasteiger partial charge in [0.15, 0.2) is 0 Å². The molecule has 2 N–H and O–H groups in total. The number of halogens is 2. The Morgan fingerprint density at radius 1 is 1.40 bits per heavy atom. The Hall–Kier alpha value is -0.0700. The average molecular weight is 328 g/mol. The highest BCUT2D eigenvalue weighted by atomic mass is 35.5. The summed E-state index contributed by atoms with van der Waals surface area (Å²) in [7, 11) is 0. The van der Waals surface area contributed by atoms with Gasteiger partial charge in [0.25, 0.3) is 0 Å². The monoisotopic (exact) mass is 327 g/mol. The van der Waals surface area contributed by atoms with Crippen molar-refractivity contribution in [3.63, 3.8) is 0 Å². The minimum Gasteiger partial charge on any atom is -0.379 e. The van der Waals surface area contributed by atoms with Crippen LogP contribution in [0.1, 0.15) is 20.3 Å². The molecule has 2 unspecified atom stereocenters. The molecule has 5 nitrogen and oxygen atoms in total. The summed E-state index contributed by atoms with van der Waals surface area (Å²) in [6, 6.07) is 0.202. The summed E-state index contributed by atoms with van der Waals surface area (Å²) in [5.41, 5.74) is -0.223. The molecular weight excluding hydrogens is 301 g/mol. The molecule has 0 aromatic carbocycles. The van der Waals surface area contributed by atoms with Gasteiger partial charge in [0.1, 0.15) is 0 Å². The summed E-state index contributed by atoms with van der Waals surface area (Å²) in [6.45, 7) is 10.3. The van der Waals surface area contributed by atoms with Crippen molar-refractivity contribution in [2.45, 2.75) is 26.3 Å². The van der Waals surface area contributed by atoms with Gasteiger partial charge in [-0.15, -0.1) is 24.8 Å². The zero-order valence-electron chi connectivity index (χ0n) is 12.3. The number of ether oxygens (including phenoxy) is 1. The maximum Gasteiger partial charge on any atom is 0.227 e. The van der Waals surface area contributed by atoms with Gasteiger partial charge in [0, 0.05) is 32.2 Å². The van der Waals surface area contributed by atoms with Gasteiger partial charge in [-0.1, -0.05) is 0 Å². The van der Waals surface area contributed by atoms with Gasteiger partial charge in [0.2, 0.25) is 5.91 Å². The van der Waals surface area contributed by atoms with E-state index in [0.717, 1.165) is 52.4 Å². The summed E-state index contributed by atoms with van der Waals surface area (Å²) >= 11 is 0. The first-order valence-corrected chi connectivity index (χ1v) is 6.92. The number of carbonyl (C=O) groups excluding carboxylic acids is 1. The molecule has 2 rings (SSSR count). The number of nitrogens with one attached hydrogen (secondary N) is 2. The Labute approximate surface area is 134 Å². The van der Waals surface area contributed by atoms with Crippen molar-refractivity contribution in [3.05, 3.63) is 0 Å². The number of morpholine rings is 1. The quantitative estimate of drug-likeness (QED) is 0.796. The third kappa shape index (κ3) is 5.37. The molecule has 7 heteroatoms. The summed E-state index contributed by atoms with van der Waals surface area (Å²) in [6.07, 6.45) is 0.934. The fourth-order valence-corrected chi connectivity index (χ4v) is 2.63. The first-order valence-electron chi connectivity index (χ1n) is 6.92. The zero-order chi connectivity index (χ0) is 13.0. The fraction of sp³-hybridized carbons (Fsp3) is 0.923. The Balaban J connectivity index is 0.00000180. The Kier molecular flexibility index (Phi) is 9.02. The van der Waals surface area contributed by atoms with Gasteiger partial charge in [-0.2, -0.15) is 0 Å². The summed E-state index contributed by atoms with van der Waals surface area (Å²) < 4.78 is 5.32. The van der Waals surface area contributed by atoms with Crippen LogP contribution in [0.4, 0.5) is 0 Å². The molecule has 2 aliphatic heterocycles. The minimum absolute atomic E-state index is 0. The number of carbonyl (C=O) groups is 1. The molecule has 0 aromatic rings. The number of rotatable bonds is 4. The Morgan fingerprint density at radius 3 is 2.60 bits per heavy atom. The lowest BCUT2D eigenvalue weighted by Gasteiger charge is -2.31. The van der Waals surface area contributed by atoms with E-state index in [1.807, 2.05) is 6.92 Å². The van der Waals surface area contributed by atoms with Crippen LogP contribution in [0.5, 0.6) is 0 Å². The molecule has 2 heterocycles. The number of nitrogens with zero attached hydrogens (tertiary/aromatic N) is 1. The average Bonchev–Trinajstić information content (AvgIpc) is 2.78. The SMILES string of the molecule is CC(CN1CCOCC1)NC(=O)C1(C)CCNC1.Cl.Cl. The number of hydrogen-bond acceptors (Lipinski definition) is 4. The highest BCUT2D eigenvalue weighted by Crippen LogP contribution is 2.24. The van der Waals surface area contributed by atoms with Crippen LogP contribution in [-0.4, -0.2) is 62.8 Å². The fourth-order valence-electron chi connectivity index (χ4n) is 2.63. The van der Waals surface area contributed by atoms with Crippen LogP contribution in [-0.2, 0) is 9.53 Å². The van der Waals surface area contributed by atoms with Crippen molar-refractivity contribution < 1.29 is 9.53 Å². The zero-order valence-corrected chi connectivity index (χ0v) is 13.9. The molecule has 1 amide bonds. The molecule has 120 valence electrons. The van der Waals surface area contributed by atoms with Gasteiger partial charge < -0.3 is 15.4 Å². The lowest BCUT2D eigenvalue weighted by molar-refractivity contribution is -0.130. The topological polar surface area (TPSA) is 53.6 Å². The van der Waals surface area contributed by atoms with Crippen LogP contribution in [0.3, 0.4) is 0 Å². The van der Waals surface area contributed by atoms with Crippen LogP contribution in [0.25, 0.3) is 0 Å². The van der Waals surface area contributed by atoms with E-state index in [9.17, 15) is 4.79 Å². The molecule has 0 saturated carbocycles. The van der Waals surface area contributed by atoms with Crippen LogP contribution < -0.4 is 10.6 Å². The Morgan fingerprint density at radius 2 is 2.05 bits per heavy atom. The summed E-state index contributed by atoms with van der Waals surface area (Å²) in [5.74, 6) is 0.188. The predicted octanol–water partition coefficient (Wildman–Crippen LogP) is 0.666. The van der Waals surface area contributed by atoms with Gasteiger partial charge in [0.05, 0.1) is 18.6 Å². The molecule has 2 saturated heterocycles. The van der Waals surface area contributed by atoms with E-state index in [1.54, 1.807) is 0 Å². The Bertz CT molecular complexity index is 293. The molecular formula is C13H27Cl2N3O2. The second-order valence-electron chi connectivity index (χ2n) is 5.77. The molecule has 0 bridgehead atoms. The predicted molar refractivity (Wildman–Crippen MR) is 85.0 cm³/mol. The van der Waals surface area contributed by atoms with E-state index in [4.69, 9.17) is 4.74 Å². The van der Waals surface area contributed by atoms with Gasteiger partial charge in [-0.3, -0.25) is 9.69 Å². The maximum atomic E-state index is 12.2. The molecule has 0 spiro atoms. The van der Waals surface area contributed by atoms with E-state index >= 15 is 0 Å². The van der Waals surface area contributed by atoms with Gasteiger partial charge >= 0.3 is 0 Å². The van der Waals surface area contributed by atoms with E-state index in [1.165, 1.54) is 0 Å². The van der Waals surface area contributed by atoms with Crippen molar-refractivity contribution in [1.82, 2.24) is 15.5 Å². The first kappa shape index (κ1) is 19.9. The van der Waals surface area contributed by atoms with Crippen molar-refractivity contribution >= 4 is 30.7 Å². The van der Waals surface area contributed by atoms with Gasteiger partial charge in [-0.25, -0.2) is 0 Å². The molecule has 0 aliphatic carbocycles. The second-order valence-corrected chi connectivity index (χ2v) is 5.77. The molecule has 2 aliphatic rings. The molecule has 2 fully saturated rings.